The van der Waals surface area contributed by atoms with Crippen molar-refractivity contribution in [2.75, 3.05) is 21.1 Å². The van der Waals surface area contributed by atoms with Gasteiger partial charge in [0.2, 0.25) is 0 Å². The van der Waals surface area contributed by atoms with Gasteiger partial charge in [-0.3, -0.25) is 0 Å². The normalized spacial score (nSPS) is 27.9. The van der Waals surface area contributed by atoms with Gasteiger partial charge >= 0.3 is 0 Å². The summed E-state index contributed by atoms with van der Waals surface area (Å²) in [5.41, 5.74) is 2.03. The van der Waals surface area contributed by atoms with Crippen molar-refractivity contribution in [3.63, 3.8) is 0 Å². The second-order valence-electron chi connectivity index (χ2n) is 6.93. The van der Waals surface area contributed by atoms with Crippen LogP contribution < -0.4 is 5.32 Å². The number of aryl methyl sites for hydroxylation is 1. The number of nitrogens with one attached hydrogen (secondary N) is 1. The topological polar surface area (TPSA) is 15.3 Å². The van der Waals surface area contributed by atoms with Gasteiger partial charge in [0.1, 0.15) is 5.82 Å². The fourth-order valence-corrected chi connectivity index (χ4v) is 4.08. The van der Waals surface area contributed by atoms with Gasteiger partial charge in [0.15, 0.2) is 0 Å². The Morgan fingerprint density at radius 3 is 2.62 bits per heavy atom. The maximum Gasteiger partial charge on any atom is 0.126 e. The van der Waals surface area contributed by atoms with E-state index in [0.717, 1.165) is 11.5 Å². The Labute approximate surface area is 128 Å². The van der Waals surface area contributed by atoms with Crippen LogP contribution in [-0.4, -0.2) is 31.6 Å². The molecule has 1 aromatic carbocycles. The molecule has 2 nitrogen and oxygen atoms in total. The summed E-state index contributed by atoms with van der Waals surface area (Å²) in [6.07, 6.45) is 4.94. The summed E-state index contributed by atoms with van der Waals surface area (Å²) in [6.45, 7) is 4.19. The van der Waals surface area contributed by atoms with Crippen molar-refractivity contribution < 1.29 is 4.39 Å². The third-order valence-corrected chi connectivity index (χ3v) is 5.24. The van der Waals surface area contributed by atoms with E-state index in [9.17, 15) is 4.39 Å². The van der Waals surface area contributed by atoms with Gasteiger partial charge in [-0.1, -0.05) is 31.9 Å². The smallest absolute Gasteiger partial charge is 0.126 e. The van der Waals surface area contributed by atoms with Crippen LogP contribution in [-0.2, 0) is 0 Å². The predicted octanol–water partition coefficient (Wildman–Crippen LogP) is 3.91. The highest BCUT2D eigenvalue weighted by Gasteiger charge is 2.43. The van der Waals surface area contributed by atoms with E-state index in [1.54, 1.807) is 6.07 Å². The standard InChI is InChI=1S/C18H29FN2/c1-13-7-6-10-18(12-13,21(4)5)17(20-3)15-8-9-16(19)14(2)11-15/h8-9,11,13,17,20H,6-7,10,12H2,1-5H3. The summed E-state index contributed by atoms with van der Waals surface area (Å²) in [6, 6.07) is 5.77. The maximum atomic E-state index is 13.6. The summed E-state index contributed by atoms with van der Waals surface area (Å²) in [5.74, 6) is 0.614. The monoisotopic (exact) mass is 292 g/mol. The first kappa shape index (κ1) is 16.4. The van der Waals surface area contributed by atoms with Crippen molar-refractivity contribution in [3.05, 3.63) is 35.1 Å². The SMILES string of the molecule is CNC(c1ccc(F)c(C)c1)C1(N(C)C)CCCC(C)C1. The van der Waals surface area contributed by atoms with Crippen LogP contribution in [0.3, 0.4) is 0 Å². The first-order valence-corrected chi connectivity index (χ1v) is 8.01. The van der Waals surface area contributed by atoms with Gasteiger partial charge in [-0.05, 0) is 64.0 Å². The molecule has 3 unspecified atom stereocenters. The Hall–Kier alpha value is -0.930. The lowest BCUT2D eigenvalue weighted by atomic mass is 9.69. The summed E-state index contributed by atoms with van der Waals surface area (Å²) in [4.78, 5) is 2.38. The van der Waals surface area contributed by atoms with E-state index in [4.69, 9.17) is 0 Å². The fourth-order valence-electron chi connectivity index (χ4n) is 4.08. The van der Waals surface area contributed by atoms with Crippen molar-refractivity contribution in [2.45, 2.75) is 51.1 Å². The highest BCUT2D eigenvalue weighted by atomic mass is 19.1. The van der Waals surface area contributed by atoms with E-state index < -0.39 is 0 Å². The average molecular weight is 292 g/mol. The minimum atomic E-state index is -0.121. The number of likely N-dealkylation sites (N-methyl/N-ethyl adjacent to an activating group) is 2. The van der Waals surface area contributed by atoms with Crippen LogP contribution in [0.15, 0.2) is 18.2 Å². The van der Waals surface area contributed by atoms with E-state index >= 15 is 0 Å². The Bertz CT molecular complexity index is 486. The van der Waals surface area contributed by atoms with E-state index in [1.807, 2.05) is 26.1 Å². The van der Waals surface area contributed by atoms with Crippen LogP contribution in [0.25, 0.3) is 0 Å². The zero-order valence-electron chi connectivity index (χ0n) is 14.0. The van der Waals surface area contributed by atoms with Crippen molar-refractivity contribution in [1.29, 1.82) is 0 Å². The largest absolute Gasteiger partial charge is 0.311 e. The number of nitrogens with zero attached hydrogens (tertiary/aromatic N) is 1. The predicted molar refractivity (Wildman–Crippen MR) is 87.0 cm³/mol. The molecule has 0 aromatic heterocycles. The molecule has 21 heavy (non-hydrogen) atoms. The van der Waals surface area contributed by atoms with Gasteiger partial charge in [-0.15, -0.1) is 0 Å². The van der Waals surface area contributed by atoms with Crippen LogP contribution >= 0.6 is 0 Å². The first-order chi connectivity index (χ1) is 9.90. The molecule has 0 heterocycles. The number of hydrogen-bond acceptors (Lipinski definition) is 2. The highest BCUT2D eigenvalue weighted by Crippen LogP contribution is 2.44. The minimum Gasteiger partial charge on any atom is -0.311 e. The molecule has 0 saturated heterocycles. The molecule has 1 aromatic rings. The van der Waals surface area contributed by atoms with Crippen molar-refractivity contribution in [2.24, 2.45) is 5.92 Å². The molecule has 1 aliphatic carbocycles. The molecule has 0 spiro atoms. The highest BCUT2D eigenvalue weighted by molar-refractivity contribution is 5.29. The van der Waals surface area contributed by atoms with Gasteiger partial charge < -0.3 is 10.2 Å². The molecule has 3 heteroatoms. The van der Waals surface area contributed by atoms with E-state index in [-0.39, 0.29) is 17.4 Å². The second kappa shape index (κ2) is 6.45. The average Bonchev–Trinajstić information content (AvgIpc) is 2.43. The van der Waals surface area contributed by atoms with E-state index in [1.165, 1.54) is 31.2 Å². The van der Waals surface area contributed by atoms with Crippen LogP contribution in [0, 0.1) is 18.7 Å². The molecular formula is C18H29FN2. The Balaban J connectivity index is 2.42. The zero-order valence-corrected chi connectivity index (χ0v) is 14.0. The van der Waals surface area contributed by atoms with E-state index in [0.29, 0.717) is 0 Å². The Morgan fingerprint density at radius 2 is 2.10 bits per heavy atom. The molecule has 0 amide bonds. The number of rotatable bonds is 4. The van der Waals surface area contributed by atoms with Gasteiger partial charge in [0, 0.05) is 5.54 Å². The minimum absolute atomic E-state index is 0.108. The molecular weight excluding hydrogens is 263 g/mol. The second-order valence-corrected chi connectivity index (χ2v) is 6.93. The third kappa shape index (κ3) is 3.14. The van der Waals surface area contributed by atoms with Crippen LogP contribution in [0.1, 0.15) is 49.8 Å². The maximum absolute atomic E-state index is 13.6. The van der Waals surface area contributed by atoms with Gasteiger partial charge in [0.25, 0.3) is 0 Å². The molecule has 1 saturated carbocycles. The molecule has 0 radical (unpaired) electrons. The summed E-state index contributed by atoms with van der Waals surface area (Å²) in [7, 11) is 6.38. The molecule has 1 fully saturated rings. The molecule has 118 valence electrons. The van der Waals surface area contributed by atoms with Crippen LogP contribution in [0.4, 0.5) is 4.39 Å². The lowest BCUT2D eigenvalue weighted by Gasteiger charge is -2.50. The third-order valence-electron chi connectivity index (χ3n) is 5.24. The molecule has 1 N–H and O–H groups in total. The number of hydrogen-bond donors (Lipinski definition) is 1. The lowest BCUT2D eigenvalue weighted by Crippen LogP contribution is -2.55. The van der Waals surface area contributed by atoms with E-state index in [2.05, 4.69) is 31.2 Å². The van der Waals surface area contributed by atoms with Crippen LogP contribution in [0.2, 0.25) is 0 Å². The summed E-state index contributed by atoms with van der Waals surface area (Å²) < 4.78 is 13.6. The summed E-state index contributed by atoms with van der Waals surface area (Å²) in [5, 5.41) is 3.51. The zero-order chi connectivity index (χ0) is 15.6. The van der Waals surface area contributed by atoms with Crippen molar-refractivity contribution in [3.8, 4) is 0 Å². The molecule has 0 bridgehead atoms. The van der Waals surface area contributed by atoms with Gasteiger partial charge in [-0.25, -0.2) is 4.39 Å². The molecule has 0 aliphatic heterocycles. The van der Waals surface area contributed by atoms with Crippen molar-refractivity contribution in [1.82, 2.24) is 10.2 Å². The lowest BCUT2D eigenvalue weighted by molar-refractivity contribution is 0.0392. The quantitative estimate of drug-likeness (QED) is 0.905. The number of benzene rings is 1. The molecule has 3 atom stereocenters. The van der Waals surface area contributed by atoms with Gasteiger partial charge in [0.05, 0.1) is 6.04 Å². The van der Waals surface area contributed by atoms with Crippen molar-refractivity contribution >= 4 is 0 Å². The molecule has 2 rings (SSSR count). The molecule has 1 aliphatic rings. The number of halogens is 1. The van der Waals surface area contributed by atoms with Gasteiger partial charge in [-0.2, -0.15) is 0 Å². The first-order valence-electron chi connectivity index (χ1n) is 8.01. The van der Waals surface area contributed by atoms with Crippen LogP contribution in [0.5, 0.6) is 0 Å². The Morgan fingerprint density at radius 1 is 1.38 bits per heavy atom. The summed E-state index contributed by atoms with van der Waals surface area (Å²) >= 11 is 0. The fraction of sp³-hybridized carbons (Fsp3) is 0.667. The Kier molecular flexibility index (Phi) is 5.05.